The third kappa shape index (κ3) is 3.61. The summed E-state index contributed by atoms with van der Waals surface area (Å²) in [5, 5.41) is 5.35. The molecule has 2 aliphatic heterocycles. The fourth-order valence-electron chi connectivity index (χ4n) is 3.18. The topological polar surface area (TPSA) is 66.9 Å². The number of aromatic nitrogens is 1. The maximum atomic E-state index is 11.7. The van der Waals surface area contributed by atoms with E-state index in [2.05, 4.69) is 32.2 Å². The van der Waals surface area contributed by atoms with Crippen LogP contribution in [0.5, 0.6) is 11.5 Å². The Morgan fingerprint density at radius 2 is 1.96 bits per heavy atom. The molecule has 4 rings (SSSR count). The lowest BCUT2D eigenvalue weighted by Crippen LogP contribution is -2.46. The van der Waals surface area contributed by atoms with Crippen molar-refractivity contribution in [2.24, 2.45) is 0 Å². The largest absolute Gasteiger partial charge is 0.486 e. The fraction of sp³-hybridized carbons (Fsp3) is 0.444. The summed E-state index contributed by atoms with van der Waals surface area (Å²) < 4.78 is 11.2. The number of amides is 1. The van der Waals surface area contributed by atoms with Crippen LogP contribution in [0.2, 0.25) is 0 Å². The molecule has 0 bridgehead atoms. The van der Waals surface area contributed by atoms with Crippen molar-refractivity contribution in [2.45, 2.75) is 6.54 Å². The van der Waals surface area contributed by atoms with E-state index >= 15 is 0 Å². The molecule has 0 atom stereocenters. The minimum atomic E-state index is -0.134. The van der Waals surface area contributed by atoms with Crippen LogP contribution in [0.1, 0.15) is 16.1 Å². The lowest BCUT2D eigenvalue weighted by atomic mass is 10.1. The number of nitrogens with one attached hydrogen (secondary N) is 1. The van der Waals surface area contributed by atoms with E-state index in [0.717, 1.165) is 49.4 Å². The predicted molar refractivity (Wildman–Crippen MR) is 100 cm³/mol. The van der Waals surface area contributed by atoms with Crippen molar-refractivity contribution in [3.63, 3.8) is 0 Å². The quantitative estimate of drug-likeness (QED) is 0.877. The number of hydrogen-bond acceptors (Lipinski definition) is 7. The highest BCUT2D eigenvalue weighted by Crippen LogP contribution is 2.31. The average molecular weight is 374 g/mol. The molecule has 1 amide bonds. The molecule has 0 radical (unpaired) electrons. The zero-order chi connectivity index (χ0) is 17.9. The number of fused-ring (bicyclic) bond motifs is 1. The Balaban J connectivity index is 1.34. The molecule has 1 aromatic carbocycles. The van der Waals surface area contributed by atoms with Gasteiger partial charge in [-0.25, -0.2) is 4.98 Å². The average Bonchev–Trinajstić information content (AvgIpc) is 3.18. The zero-order valence-electron chi connectivity index (χ0n) is 14.7. The second-order valence-corrected chi connectivity index (χ2v) is 7.17. The van der Waals surface area contributed by atoms with Crippen molar-refractivity contribution in [1.82, 2.24) is 15.2 Å². The fourth-order valence-corrected chi connectivity index (χ4v) is 4.04. The van der Waals surface area contributed by atoms with Crippen molar-refractivity contribution in [2.75, 3.05) is 51.3 Å². The lowest BCUT2D eigenvalue weighted by Gasteiger charge is -2.34. The predicted octanol–water partition coefficient (Wildman–Crippen LogP) is 1.60. The second-order valence-electron chi connectivity index (χ2n) is 6.34. The highest BCUT2D eigenvalue weighted by Gasteiger charge is 2.21. The van der Waals surface area contributed by atoms with Crippen molar-refractivity contribution >= 4 is 22.4 Å². The summed E-state index contributed by atoms with van der Waals surface area (Å²) in [6, 6.07) is 6.18. The Morgan fingerprint density at radius 1 is 1.19 bits per heavy atom. The summed E-state index contributed by atoms with van der Waals surface area (Å²) in [6.45, 7) is 5.86. The number of anilines is 1. The van der Waals surface area contributed by atoms with E-state index in [1.165, 1.54) is 16.9 Å². The summed E-state index contributed by atoms with van der Waals surface area (Å²) in [5.74, 6) is 1.54. The zero-order valence-corrected chi connectivity index (χ0v) is 15.6. The normalized spacial score (nSPS) is 17.2. The van der Waals surface area contributed by atoms with E-state index in [9.17, 15) is 4.79 Å². The van der Waals surface area contributed by atoms with Crippen LogP contribution in [-0.2, 0) is 6.54 Å². The Kier molecular flexibility index (Phi) is 4.94. The number of benzene rings is 1. The molecule has 0 spiro atoms. The minimum Gasteiger partial charge on any atom is -0.486 e. The van der Waals surface area contributed by atoms with Crippen LogP contribution in [-0.4, -0.2) is 62.2 Å². The molecular weight excluding hydrogens is 352 g/mol. The Labute approximate surface area is 156 Å². The molecule has 1 saturated heterocycles. The summed E-state index contributed by atoms with van der Waals surface area (Å²) in [7, 11) is 1.62. The highest BCUT2D eigenvalue weighted by molar-refractivity contribution is 7.13. The van der Waals surface area contributed by atoms with Gasteiger partial charge in [-0.2, -0.15) is 0 Å². The van der Waals surface area contributed by atoms with Crippen LogP contribution in [0.3, 0.4) is 0 Å². The third-order valence-corrected chi connectivity index (χ3v) is 5.51. The standard InChI is InChI=1S/C18H22N4O3S/c1-19-17(23)14-12-26-18(20-14)22-6-4-21(5-7-22)11-13-2-3-15-16(10-13)25-9-8-24-15/h2-3,10,12H,4-9,11H2,1H3,(H,19,23). The van der Waals surface area contributed by atoms with Gasteiger partial charge >= 0.3 is 0 Å². The minimum absolute atomic E-state index is 0.134. The first-order valence-electron chi connectivity index (χ1n) is 8.76. The van der Waals surface area contributed by atoms with E-state index in [1.807, 2.05) is 11.4 Å². The summed E-state index contributed by atoms with van der Waals surface area (Å²) in [5.41, 5.74) is 1.73. The van der Waals surface area contributed by atoms with Gasteiger partial charge < -0.3 is 19.7 Å². The van der Waals surface area contributed by atoms with E-state index in [4.69, 9.17) is 9.47 Å². The van der Waals surface area contributed by atoms with Gasteiger partial charge in [0.15, 0.2) is 16.6 Å². The first-order valence-corrected chi connectivity index (χ1v) is 9.64. The van der Waals surface area contributed by atoms with E-state index in [0.29, 0.717) is 18.9 Å². The van der Waals surface area contributed by atoms with Crippen LogP contribution in [0.4, 0.5) is 5.13 Å². The number of nitrogens with zero attached hydrogens (tertiary/aromatic N) is 3. The number of carbonyl (C=O) groups is 1. The highest BCUT2D eigenvalue weighted by atomic mass is 32.1. The van der Waals surface area contributed by atoms with Crippen LogP contribution < -0.4 is 19.7 Å². The molecule has 1 fully saturated rings. The first kappa shape index (κ1) is 17.1. The van der Waals surface area contributed by atoms with Crippen molar-refractivity contribution < 1.29 is 14.3 Å². The first-order chi connectivity index (χ1) is 12.7. The van der Waals surface area contributed by atoms with Gasteiger partial charge in [0.1, 0.15) is 18.9 Å². The molecule has 26 heavy (non-hydrogen) atoms. The maximum Gasteiger partial charge on any atom is 0.270 e. The number of thiazole rings is 1. The van der Waals surface area contributed by atoms with Crippen molar-refractivity contribution in [3.8, 4) is 11.5 Å². The van der Waals surface area contributed by atoms with E-state index in [-0.39, 0.29) is 5.91 Å². The van der Waals surface area contributed by atoms with Gasteiger partial charge in [-0.15, -0.1) is 11.3 Å². The van der Waals surface area contributed by atoms with Crippen LogP contribution in [0, 0.1) is 0 Å². The van der Waals surface area contributed by atoms with Crippen molar-refractivity contribution in [3.05, 3.63) is 34.8 Å². The SMILES string of the molecule is CNC(=O)c1csc(N2CCN(Cc3ccc4c(c3)OCCO4)CC2)n1. The van der Waals surface area contributed by atoms with Gasteiger partial charge in [0.2, 0.25) is 0 Å². The monoisotopic (exact) mass is 374 g/mol. The molecule has 2 aliphatic rings. The van der Waals surface area contributed by atoms with Crippen LogP contribution in [0.15, 0.2) is 23.6 Å². The molecule has 1 N–H and O–H groups in total. The number of carbonyl (C=O) groups excluding carboxylic acids is 1. The number of ether oxygens (including phenoxy) is 2. The van der Waals surface area contributed by atoms with E-state index in [1.54, 1.807) is 7.05 Å². The van der Waals surface area contributed by atoms with Gasteiger partial charge in [0, 0.05) is 45.2 Å². The molecule has 0 aliphatic carbocycles. The molecule has 3 heterocycles. The second kappa shape index (κ2) is 7.51. The van der Waals surface area contributed by atoms with Crippen molar-refractivity contribution in [1.29, 1.82) is 0 Å². The molecule has 0 unspecified atom stereocenters. The number of hydrogen-bond donors (Lipinski definition) is 1. The van der Waals surface area contributed by atoms with Gasteiger partial charge in [0.25, 0.3) is 5.91 Å². The molecule has 1 aromatic heterocycles. The van der Waals surface area contributed by atoms with Gasteiger partial charge in [-0.3, -0.25) is 9.69 Å². The summed E-state index contributed by atoms with van der Waals surface area (Å²) in [6.07, 6.45) is 0. The summed E-state index contributed by atoms with van der Waals surface area (Å²) in [4.78, 5) is 20.8. The molecule has 138 valence electrons. The molecule has 2 aromatic rings. The smallest absolute Gasteiger partial charge is 0.270 e. The Morgan fingerprint density at radius 3 is 2.73 bits per heavy atom. The third-order valence-electron chi connectivity index (χ3n) is 4.61. The van der Waals surface area contributed by atoms with Gasteiger partial charge in [-0.05, 0) is 17.7 Å². The van der Waals surface area contributed by atoms with Crippen LogP contribution >= 0.6 is 11.3 Å². The maximum absolute atomic E-state index is 11.7. The molecular formula is C18H22N4O3S. The van der Waals surface area contributed by atoms with E-state index < -0.39 is 0 Å². The number of piperazine rings is 1. The Hall–Kier alpha value is -2.32. The lowest BCUT2D eigenvalue weighted by molar-refractivity contribution is 0.0959. The van der Waals surface area contributed by atoms with Gasteiger partial charge in [0.05, 0.1) is 0 Å². The Bertz CT molecular complexity index is 786. The van der Waals surface area contributed by atoms with Crippen LogP contribution in [0.25, 0.3) is 0 Å². The molecule has 8 heteroatoms. The molecule has 7 nitrogen and oxygen atoms in total. The molecule has 0 saturated carbocycles. The van der Waals surface area contributed by atoms with Gasteiger partial charge in [-0.1, -0.05) is 6.07 Å². The summed E-state index contributed by atoms with van der Waals surface area (Å²) >= 11 is 1.53. The number of rotatable bonds is 4.